The maximum absolute atomic E-state index is 11.1. The molecule has 1 amide bonds. The lowest BCUT2D eigenvalue weighted by Crippen LogP contribution is -2.10. The van der Waals surface area contributed by atoms with Crippen molar-refractivity contribution in [2.24, 2.45) is 5.73 Å². The third-order valence-electron chi connectivity index (χ3n) is 3.18. The van der Waals surface area contributed by atoms with Crippen LogP contribution in [0, 0.1) is 6.92 Å². The zero-order valence-electron chi connectivity index (χ0n) is 12.1. The minimum Gasteiger partial charge on any atom is -0.423 e. The molecule has 2 aromatic carbocycles. The smallest absolute Gasteiger partial charge is 0.345 e. The molecule has 1 heterocycles. The van der Waals surface area contributed by atoms with Gasteiger partial charge >= 0.3 is 6.01 Å². The maximum Gasteiger partial charge on any atom is 0.345 e. The van der Waals surface area contributed by atoms with Crippen LogP contribution in [0.25, 0.3) is 5.69 Å². The van der Waals surface area contributed by atoms with Gasteiger partial charge in [0.2, 0.25) is 5.91 Å². The van der Waals surface area contributed by atoms with Gasteiger partial charge in [-0.15, -0.1) is 0 Å². The lowest BCUT2D eigenvalue weighted by atomic mass is 10.2. The van der Waals surface area contributed by atoms with E-state index >= 15 is 0 Å². The van der Waals surface area contributed by atoms with Gasteiger partial charge in [0.15, 0.2) is 0 Å². The summed E-state index contributed by atoms with van der Waals surface area (Å²) in [5.41, 5.74) is 7.14. The molecule has 0 fully saturated rings. The molecular weight excluding hydrogens is 318 g/mol. The van der Waals surface area contributed by atoms with Crippen LogP contribution in [0.2, 0.25) is 5.02 Å². The zero-order chi connectivity index (χ0) is 16.4. The van der Waals surface area contributed by atoms with E-state index in [2.05, 4.69) is 15.5 Å². The van der Waals surface area contributed by atoms with Crippen LogP contribution < -0.4 is 10.5 Å². The Bertz CT molecular complexity index is 861. The summed E-state index contributed by atoms with van der Waals surface area (Å²) in [6.07, 6.45) is 0. The Morgan fingerprint density at radius 1 is 1.22 bits per heavy atom. The zero-order valence-corrected chi connectivity index (χ0v) is 12.9. The highest BCUT2D eigenvalue weighted by Gasteiger charge is 2.12. The molecule has 3 rings (SSSR count). The molecule has 0 atom stereocenters. The Morgan fingerprint density at radius 2 is 1.96 bits per heavy atom. The van der Waals surface area contributed by atoms with Crippen LogP contribution in [0.15, 0.2) is 42.5 Å². The minimum absolute atomic E-state index is 0.193. The lowest BCUT2D eigenvalue weighted by molar-refractivity contribution is 0.100. The fourth-order valence-corrected chi connectivity index (χ4v) is 2.08. The normalized spacial score (nSPS) is 10.5. The van der Waals surface area contributed by atoms with E-state index < -0.39 is 5.91 Å². The van der Waals surface area contributed by atoms with E-state index in [9.17, 15) is 4.79 Å². The number of amides is 1. The molecule has 7 nitrogen and oxygen atoms in total. The number of carbonyl (C=O) groups is 1. The van der Waals surface area contributed by atoms with Crippen molar-refractivity contribution in [2.45, 2.75) is 6.92 Å². The number of tetrazole rings is 1. The standard InChI is InChI=1S/C15H12ClN5O2/c1-9-8-12(6-7-13(9)16)23-15-18-19-20-21(15)11-4-2-10(3-5-11)14(17)22/h2-8H,1H3,(H2,17,22). The summed E-state index contributed by atoms with van der Waals surface area (Å²) in [5.74, 6) is 0.0677. The number of carbonyl (C=O) groups excluding carboxylic acids is 1. The minimum atomic E-state index is -0.499. The van der Waals surface area contributed by atoms with Gasteiger partial charge in [0.25, 0.3) is 0 Å². The van der Waals surface area contributed by atoms with E-state index in [-0.39, 0.29) is 6.01 Å². The van der Waals surface area contributed by atoms with Gasteiger partial charge in [-0.2, -0.15) is 4.68 Å². The van der Waals surface area contributed by atoms with Gasteiger partial charge in [-0.25, -0.2) is 0 Å². The molecule has 0 radical (unpaired) electrons. The number of aryl methyl sites for hydroxylation is 1. The molecule has 0 unspecified atom stereocenters. The summed E-state index contributed by atoms with van der Waals surface area (Å²) in [6.45, 7) is 1.88. The van der Waals surface area contributed by atoms with Crippen molar-refractivity contribution in [2.75, 3.05) is 0 Å². The second-order valence-electron chi connectivity index (χ2n) is 4.80. The van der Waals surface area contributed by atoms with Crippen molar-refractivity contribution in [3.8, 4) is 17.4 Å². The van der Waals surface area contributed by atoms with Crippen molar-refractivity contribution in [3.63, 3.8) is 0 Å². The van der Waals surface area contributed by atoms with E-state index in [1.54, 1.807) is 42.5 Å². The molecule has 0 aliphatic rings. The molecule has 23 heavy (non-hydrogen) atoms. The fourth-order valence-electron chi connectivity index (χ4n) is 1.96. The Balaban J connectivity index is 1.89. The number of hydrogen-bond acceptors (Lipinski definition) is 5. The molecule has 0 spiro atoms. The number of halogens is 1. The van der Waals surface area contributed by atoms with Crippen LogP contribution in [-0.4, -0.2) is 26.1 Å². The van der Waals surface area contributed by atoms with Crippen molar-refractivity contribution < 1.29 is 9.53 Å². The third kappa shape index (κ3) is 3.14. The molecule has 0 bridgehead atoms. The Labute approximate surface area is 136 Å². The molecule has 1 aromatic heterocycles. The van der Waals surface area contributed by atoms with Crippen LogP contribution in [-0.2, 0) is 0 Å². The summed E-state index contributed by atoms with van der Waals surface area (Å²) in [7, 11) is 0. The molecule has 3 aromatic rings. The number of nitrogens with two attached hydrogens (primary N) is 1. The van der Waals surface area contributed by atoms with Crippen LogP contribution in [0.3, 0.4) is 0 Å². The van der Waals surface area contributed by atoms with Crippen molar-refractivity contribution in [1.82, 2.24) is 20.2 Å². The summed E-state index contributed by atoms with van der Waals surface area (Å²) in [5, 5.41) is 12.0. The average molecular weight is 330 g/mol. The quantitative estimate of drug-likeness (QED) is 0.793. The van der Waals surface area contributed by atoms with Crippen molar-refractivity contribution in [3.05, 3.63) is 58.6 Å². The summed E-state index contributed by atoms with van der Waals surface area (Å²) >= 11 is 5.99. The number of rotatable bonds is 4. The van der Waals surface area contributed by atoms with Gasteiger partial charge in [0.05, 0.1) is 5.69 Å². The number of primary amides is 1. The predicted molar refractivity (Wildman–Crippen MR) is 83.9 cm³/mol. The maximum atomic E-state index is 11.1. The number of nitrogens with zero attached hydrogens (tertiary/aromatic N) is 4. The molecule has 0 saturated carbocycles. The van der Waals surface area contributed by atoms with Gasteiger partial charge in [0.1, 0.15) is 5.75 Å². The lowest BCUT2D eigenvalue weighted by Gasteiger charge is -2.07. The van der Waals surface area contributed by atoms with E-state index in [0.29, 0.717) is 22.0 Å². The Kier molecular flexibility index (Phi) is 3.94. The number of aromatic nitrogens is 4. The fraction of sp³-hybridized carbons (Fsp3) is 0.0667. The van der Waals surface area contributed by atoms with Crippen LogP contribution in [0.4, 0.5) is 0 Å². The number of hydrogen-bond donors (Lipinski definition) is 1. The molecule has 8 heteroatoms. The van der Waals surface area contributed by atoms with Crippen molar-refractivity contribution in [1.29, 1.82) is 0 Å². The highest BCUT2D eigenvalue weighted by Crippen LogP contribution is 2.25. The van der Waals surface area contributed by atoms with E-state index in [1.165, 1.54) is 4.68 Å². The van der Waals surface area contributed by atoms with Crippen LogP contribution >= 0.6 is 11.6 Å². The van der Waals surface area contributed by atoms with E-state index in [0.717, 1.165) is 5.56 Å². The molecule has 2 N–H and O–H groups in total. The summed E-state index contributed by atoms with van der Waals surface area (Å²) in [4.78, 5) is 11.1. The first kappa shape index (κ1) is 15.0. The average Bonchev–Trinajstić information content (AvgIpc) is 2.99. The number of ether oxygens (including phenoxy) is 1. The van der Waals surface area contributed by atoms with E-state index in [4.69, 9.17) is 22.1 Å². The van der Waals surface area contributed by atoms with Gasteiger partial charge < -0.3 is 10.5 Å². The monoisotopic (exact) mass is 329 g/mol. The molecule has 0 aliphatic heterocycles. The van der Waals surface area contributed by atoms with Crippen molar-refractivity contribution >= 4 is 17.5 Å². The van der Waals surface area contributed by atoms with Crippen LogP contribution in [0.1, 0.15) is 15.9 Å². The highest BCUT2D eigenvalue weighted by atomic mass is 35.5. The predicted octanol–water partition coefficient (Wildman–Crippen LogP) is 2.52. The Hall–Kier alpha value is -2.93. The second kappa shape index (κ2) is 6.05. The van der Waals surface area contributed by atoms with Gasteiger partial charge in [0, 0.05) is 10.6 Å². The molecular formula is C15H12ClN5O2. The highest BCUT2D eigenvalue weighted by molar-refractivity contribution is 6.31. The topological polar surface area (TPSA) is 95.9 Å². The third-order valence-corrected chi connectivity index (χ3v) is 3.60. The first-order valence-electron chi connectivity index (χ1n) is 6.67. The summed E-state index contributed by atoms with van der Waals surface area (Å²) < 4.78 is 7.11. The number of benzene rings is 2. The van der Waals surface area contributed by atoms with Gasteiger partial charge in [-0.1, -0.05) is 16.7 Å². The van der Waals surface area contributed by atoms with Gasteiger partial charge in [-0.3, -0.25) is 4.79 Å². The first-order chi connectivity index (χ1) is 11.0. The SMILES string of the molecule is Cc1cc(Oc2nnnn2-c2ccc(C(N)=O)cc2)ccc1Cl. The summed E-state index contributed by atoms with van der Waals surface area (Å²) in [6, 6.07) is 12.0. The Morgan fingerprint density at radius 3 is 2.61 bits per heavy atom. The second-order valence-corrected chi connectivity index (χ2v) is 5.20. The molecule has 0 saturated heterocycles. The van der Waals surface area contributed by atoms with E-state index in [1.807, 2.05) is 6.92 Å². The first-order valence-corrected chi connectivity index (χ1v) is 7.05. The molecule has 0 aliphatic carbocycles. The van der Waals surface area contributed by atoms with Crippen LogP contribution in [0.5, 0.6) is 11.8 Å². The van der Waals surface area contributed by atoms with Gasteiger partial charge in [-0.05, 0) is 65.4 Å². The molecule has 116 valence electrons. The largest absolute Gasteiger partial charge is 0.423 e.